The minimum Gasteiger partial charge on any atom is -0.385 e. The number of hydrogen-bond donors (Lipinski definition) is 3. The van der Waals surface area contributed by atoms with E-state index in [0.717, 1.165) is 11.1 Å². The van der Waals surface area contributed by atoms with Gasteiger partial charge in [-0.2, -0.15) is 0 Å². The number of aliphatic hydroxyl groups is 1. The fourth-order valence-corrected chi connectivity index (χ4v) is 4.65. The summed E-state index contributed by atoms with van der Waals surface area (Å²) in [5, 5.41) is 11.7. The van der Waals surface area contributed by atoms with Crippen molar-refractivity contribution in [2.45, 2.75) is 43.9 Å². The van der Waals surface area contributed by atoms with Crippen LogP contribution in [0.2, 0.25) is 5.02 Å². The van der Waals surface area contributed by atoms with Crippen LogP contribution in [0.5, 0.6) is 0 Å². The topological polar surface area (TPSA) is 64.6 Å². The molecule has 2 aliphatic rings. The first-order valence-electron chi connectivity index (χ1n) is 10.4. The van der Waals surface area contributed by atoms with Gasteiger partial charge in [-0.3, -0.25) is 10.2 Å². The minimum atomic E-state index is -0.929. The molecule has 2 heterocycles. The second-order valence-electron chi connectivity index (χ2n) is 8.39. The Kier molecular flexibility index (Phi) is 6.11. The quantitative estimate of drug-likeness (QED) is 0.693. The normalized spacial score (nSPS) is 26.0. The van der Waals surface area contributed by atoms with Crippen LogP contribution in [0.1, 0.15) is 43.4 Å². The molecule has 160 valence electrons. The number of nitrogens with one attached hydrogen (secondary N) is 2. The van der Waals surface area contributed by atoms with Crippen molar-refractivity contribution in [1.82, 2.24) is 15.8 Å². The molecule has 1 amide bonds. The first-order valence-corrected chi connectivity index (χ1v) is 10.8. The molecule has 3 N–H and O–H groups in total. The molecule has 5 nitrogen and oxygen atoms in total. The van der Waals surface area contributed by atoms with Crippen molar-refractivity contribution < 1.29 is 14.3 Å². The number of likely N-dealkylation sites (tertiary alicyclic amines) is 1. The van der Waals surface area contributed by atoms with Crippen LogP contribution in [-0.2, 0) is 10.4 Å². The molecular weight excluding hydrogens is 405 g/mol. The van der Waals surface area contributed by atoms with E-state index in [2.05, 4.69) is 10.9 Å². The zero-order valence-electron chi connectivity index (χ0n) is 16.9. The first-order chi connectivity index (χ1) is 14.4. The Bertz CT molecular complexity index is 882. The van der Waals surface area contributed by atoms with E-state index in [-0.39, 0.29) is 29.7 Å². The zero-order chi connectivity index (χ0) is 21.3. The molecule has 7 heteroatoms. The Morgan fingerprint density at radius 3 is 2.40 bits per heavy atom. The summed E-state index contributed by atoms with van der Waals surface area (Å²) >= 11 is 5.95. The van der Waals surface area contributed by atoms with Gasteiger partial charge in [-0.25, -0.2) is 9.82 Å². The van der Waals surface area contributed by atoms with Gasteiger partial charge in [-0.15, -0.1) is 0 Å². The van der Waals surface area contributed by atoms with Crippen molar-refractivity contribution in [3.63, 3.8) is 0 Å². The van der Waals surface area contributed by atoms with E-state index in [1.165, 1.54) is 12.1 Å². The molecule has 0 spiro atoms. The average molecular weight is 432 g/mol. The van der Waals surface area contributed by atoms with E-state index < -0.39 is 5.60 Å². The molecule has 4 rings (SSSR count). The van der Waals surface area contributed by atoms with Crippen LogP contribution in [-0.4, -0.2) is 35.0 Å². The van der Waals surface area contributed by atoms with Gasteiger partial charge in [0.15, 0.2) is 0 Å². The number of hydrogen-bond acceptors (Lipinski definition) is 4. The summed E-state index contributed by atoms with van der Waals surface area (Å²) < 4.78 is 13.3. The van der Waals surface area contributed by atoms with Gasteiger partial charge in [0.05, 0.1) is 11.6 Å². The van der Waals surface area contributed by atoms with Crippen molar-refractivity contribution in [3.05, 3.63) is 70.5 Å². The number of hydrazine groups is 1. The third-order valence-electron chi connectivity index (χ3n) is 6.50. The monoisotopic (exact) mass is 431 g/mol. The minimum absolute atomic E-state index is 0.0552. The van der Waals surface area contributed by atoms with Crippen LogP contribution in [0, 0.1) is 11.7 Å². The first kappa shape index (κ1) is 21.2. The van der Waals surface area contributed by atoms with Crippen LogP contribution < -0.4 is 10.9 Å². The van der Waals surface area contributed by atoms with Crippen molar-refractivity contribution in [2.24, 2.45) is 5.92 Å². The SMILES string of the molecule is CC1NNC(c2ccc(F)cc2)C1CC(=O)N1CCC(O)(c2ccc(Cl)cc2)CC1. The van der Waals surface area contributed by atoms with Gasteiger partial charge < -0.3 is 10.0 Å². The van der Waals surface area contributed by atoms with Crippen LogP contribution in [0.4, 0.5) is 4.39 Å². The van der Waals surface area contributed by atoms with Crippen molar-refractivity contribution >= 4 is 17.5 Å². The van der Waals surface area contributed by atoms with Gasteiger partial charge in [0.25, 0.3) is 0 Å². The van der Waals surface area contributed by atoms with Crippen LogP contribution in [0.25, 0.3) is 0 Å². The third-order valence-corrected chi connectivity index (χ3v) is 6.75. The maximum Gasteiger partial charge on any atom is 0.222 e. The molecular formula is C23H27ClFN3O2. The van der Waals surface area contributed by atoms with Gasteiger partial charge in [-0.05, 0) is 55.2 Å². The fourth-order valence-electron chi connectivity index (χ4n) is 4.52. The summed E-state index contributed by atoms with van der Waals surface area (Å²) in [6, 6.07) is 13.7. The van der Waals surface area contributed by atoms with Gasteiger partial charge in [0.2, 0.25) is 5.91 Å². The number of piperidine rings is 1. The molecule has 2 fully saturated rings. The summed E-state index contributed by atoms with van der Waals surface area (Å²) in [5.41, 5.74) is 7.33. The molecule has 0 aromatic heterocycles. The smallest absolute Gasteiger partial charge is 0.222 e. The highest BCUT2D eigenvalue weighted by Crippen LogP contribution is 2.35. The van der Waals surface area contributed by atoms with E-state index in [1.54, 1.807) is 24.3 Å². The number of carbonyl (C=O) groups excluding carboxylic acids is 1. The Morgan fingerprint density at radius 2 is 1.77 bits per heavy atom. The highest BCUT2D eigenvalue weighted by Gasteiger charge is 2.39. The predicted octanol–water partition coefficient (Wildman–Crippen LogP) is 3.53. The summed E-state index contributed by atoms with van der Waals surface area (Å²) in [6.07, 6.45) is 1.39. The highest BCUT2D eigenvalue weighted by molar-refractivity contribution is 6.30. The molecule has 2 aliphatic heterocycles. The van der Waals surface area contributed by atoms with Crippen LogP contribution >= 0.6 is 11.6 Å². The number of amides is 1. The Hall–Kier alpha value is -1.99. The molecule has 2 aromatic carbocycles. The molecule has 3 atom stereocenters. The summed E-state index contributed by atoms with van der Waals surface area (Å²) in [5.74, 6) is -0.130. The van der Waals surface area contributed by atoms with Gasteiger partial charge in [-0.1, -0.05) is 35.9 Å². The Labute approximate surface area is 181 Å². The van der Waals surface area contributed by atoms with E-state index >= 15 is 0 Å². The van der Waals surface area contributed by atoms with Gasteiger partial charge in [0.1, 0.15) is 5.82 Å². The number of halogens is 2. The summed E-state index contributed by atoms with van der Waals surface area (Å²) in [7, 11) is 0. The molecule has 30 heavy (non-hydrogen) atoms. The molecule has 3 unspecified atom stereocenters. The summed E-state index contributed by atoms with van der Waals surface area (Å²) in [4.78, 5) is 14.9. The molecule has 2 saturated heterocycles. The lowest BCUT2D eigenvalue weighted by atomic mass is 9.83. The average Bonchev–Trinajstić information content (AvgIpc) is 3.10. The maximum absolute atomic E-state index is 13.3. The van der Waals surface area contributed by atoms with E-state index in [9.17, 15) is 14.3 Å². The molecule has 0 bridgehead atoms. The largest absolute Gasteiger partial charge is 0.385 e. The second kappa shape index (κ2) is 8.63. The van der Waals surface area contributed by atoms with Gasteiger partial charge >= 0.3 is 0 Å². The van der Waals surface area contributed by atoms with E-state index in [4.69, 9.17) is 11.6 Å². The number of nitrogens with zero attached hydrogens (tertiary/aromatic N) is 1. The van der Waals surface area contributed by atoms with Crippen molar-refractivity contribution in [1.29, 1.82) is 0 Å². The Balaban J connectivity index is 1.39. The van der Waals surface area contributed by atoms with Crippen LogP contribution in [0.3, 0.4) is 0 Å². The molecule has 0 aliphatic carbocycles. The maximum atomic E-state index is 13.3. The molecule has 2 aromatic rings. The Morgan fingerprint density at radius 1 is 1.13 bits per heavy atom. The summed E-state index contributed by atoms with van der Waals surface area (Å²) in [6.45, 7) is 3.08. The van der Waals surface area contributed by atoms with Gasteiger partial charge in [0, 0.05) is 36.5 Å². The lowest BCUT2D eigenvalue weighted by molar-refractivity contribution is -0.137. The zero-order valence-corrected chi connectivity index (χ0v) is 17.7. The third kappa shape index (κ3) is 4.37. The van der Waals surface area contributed by atoms with Crippen molar-refractivity contribution in [3.8, 4) is 0 Å². The van der Waals surface area contributed by atoms with E-state index in [1.807, 2.05) is 24.0 Å². The molecule has 0 saturated carbocycles. The number of carbonyl (C=O) groups is 1. The number of rotatable bonds is 4. The molecule has 0 radical (unpaired) electrons. The fraction of sp³-hybridized carbons (Fsp3) is 0.435. The lowest BCUT2D eigenvalue weighted by Crippen LogP contribution is -2.46. The standard InChI is InChI=1S/C23H27ClFN3O2/c1-15-20(22(27-26-15)16-2-8-19(25)9-3-16)14-21(29)28-12-10-23(30,11-13-28)17-4-6-18(24)7-5-17/h2-9,15,20,22,26-27,30H,10-14H2,1H3. The van der Waals surface area contributed by atoms with Crippen molar-refractivity contribution in [2.75, 3.05) is 13.1 Å². The second-order valence-corrected chi connectivity index (χ2v) is 8.83. The predicted molar refractivity (Wildman–Crippen MR) is 114 cm³/mol. The highest BCUT2D eigenvalue weighted by atomic mass is 35.5. The van der Waals surface area contributed by atoms with Crippen LogP contribution in [0.15, 0.2) is 48.5 Å². The lowest BCUT2D eigenvalue weighted by Gasteiger charge is -2.39. The number of benzene rings is 2. The van der Waals surface area contributed by atoms with E-state index in [0.29, 0.717) is 37.4 Å².